The van der Waals surface area contributed by atoms with Gasteiger partial charge in [-0.05, 0) is 38.0 Å². The summed E-state index contributed by atoms with van der Waals surface area (Å²) >= 11 is 0. The Morgan fingerprint density at radius 2 is 2.08 bits per heavy atom. The third-order valence-electron chi connectivity index (χ3n) is 4.23. The van der Waals surface area contributed by atoms with E-state index in [0.717, 1.165) is 0 Å². The maximum Gasteiger partial charge on any atom is 0.321 e. The molecule has 26 heavy (non-hydrogen) atoms. The molecule has 0 radical (unpaired) electrons. The Kier molecular flexibility index (Phi) is 6.43. The molecule has 1 fully saturated rings. The molecule has 0 aromatic heterocycles. The lowest BCUT2D eigenvalue weighted by Crippen LogP contribution is -2.44. The van der Waals surface area contributed by atoms with Crippen LogP contribution in [0.4, 0.5) is 10.5 Å². The van der Waals surface area contributed by atoms with Gasteiger partial charge in [-0.3, -0.25) is 9.59 Å². The molecule has 1 heterocycles. The molecule has 8 heteroatoms. The van der Waals surface area contributed by atoms with E-state index in [1.807, 2.05) is 6.92 Å². The van der Waals surface area contributed by atoms with Gasteiger partial charge in [0, 0.05) is 32.7 Å². The Hall–Kier alpha value is -2.77. The topological polar surface area (TPSA) is 99.2 Å². The lowest BCUT2D eigenvalue weighted by molar-refractivity contribution is -0.143. The number of carbonyl (C=O) groups excluding carboxylic acids is 2. The van der Waals surface area contributed by atoms with Gasteiger partial charge in [0.05, 0.1) is 18.2 Å². The van der Waals surface area contributed by atoms with Gasteiger partial charge in [0.2, 0.25) is 0 Å². The number of hydrogen-bond donors (Lipinski definition) is 2. The molecule has 2 rings (SSSR count). The lowest BCUT2D eigenvalue weighted by atomic mass is 9.99. The Balaban J connectivity index is 2.15. The van der Waals surface area contributed by atoms with E-state index in [-0.39, 0.29) is 18.5 Å². The van der Waals surface area contributed by atoms with E-state index in [0.29, 0.717) is 43.0 Å². The van der Waals surface area contributed by atoms with Crippen molar-refractivity contribution < 1.29 is 24.2 Å². The first-order chi connectivity index (χ1) is 12.3. The van der Waals surface area contributed by atoms with Crippen LogP contribution in [0.15, 0.2) is 18.2 Å². The number of nitrogens with one attached hydrogen (secondary N) is 1. The van der Waals surface area contributed by atoms with E-state index in [9.17, 15) is 14.4 Å². The molecule has 8 nitrogen and oxygen atoms in total. The Labute approximate surface area is 152 Å². The summed E-state index contributed by atoms with van der Waals surface area (Å²) in [5.74, 6) is -1.19. The maximum absolute atomic E-state index is 12.5. The fourth-order valence-electron chi connectivity index (χ4n) is 2.85. The number of amides is 3. The molecular formula is C18H25N3O5. The number of urea groups is 1. The zero-order valence-corrected chi connectivity index (χ0v) is 15.3. The molecule has 0 aliphatic carbocycles. The van der Waals surface area contributed by atoms with Crippen molar-refractivity contribution in [2.75, 3.05) is 39.1 Å². The second-order valence-electron chi connectivity index (χ2n) is 6.40. The molecule has 0 bridgehead atoms. The van der Waals surface area contributed by atoms with Gasteiger partial charge in [-0.15, -0.1) is 0 Å². The largest absolute Gasteiger partial charge is 0.492 e. The number of carboxylic acid groups (broad SMARTS) is 1. The molecule has 1 saturated heterocycles. The minimum Gasteiger partial charge on any atom is -0.492 e. The number of nitrogens with zero attached hydrogens (tertiary/aromatic N) is 2. The average Bonchev–Trinajstić information content (AvgIpc) is 2.62. The number of benzene rings is 1. The van der Waals surface area contributed by atoms with Crippen LogP contribution in [-0.2, 0) is 4.79 Å². The van der Waals surface area contributed by atoms with Crippen LogP contribution in [0, 0.1) is 5.92 Å². The minimum absolute atomic E-state index is 0.163. The highest BCUT2D eigenvalue weighted by Crippen LogP contribution is 2.27. The number of likely N-dealkylation sites (tertiary alicyclic amines) is 1. The highest BCUT2D eigenvalue weighted by Gasteiger charge is 2.28. The van der Waals surface area contributed by atoms with Crippen LogP contribution in [-0.4, -0.2) is 66.6 Å². The number of rotatable bonds is 5. The van der Waals surface area contributed by atoms with E-state index in [2.05, 4.69) is 5.32 Å². The number of carboxylic acids is 1. The summed E-state index contributed by atoms with van der Waals surface area (Å²) in [6, 6.07) is 4.47. The third-order valence-corrected chi connectivity index (χ3v) is 4.23. The number of anilines is 1. The summed E-state index contributed by atoms with van der Waals surface area (Å²) in [5, 5.41) is 11.9. The zero-order valence-electron chi connectivity index (χ0n) is 15.3. The molecule has 1 unspecified atom stereocenters. The van der Waals surface area contributed by atoms with Crippen LogP contribution in [0.2, 0.25) is 0 Å². The molecule has 0 saturated carbocycles. The second kappa shape index (κ2) is 8.55. The molecule has 1 aliphatic heterocycles. The van der Waals surface area contributed by atoms with Gasteiger partial charge in [-0.2, -0.15) is 0 Å². The van der Waals surface area contributed by atoms with Crippen molar-refractivity contribution in [3.8, 4) is 5.75 Å². The molecule has 1 aromatic rings. The van der Waals surface area contributed by atoms with Crippen molar-refractivity contribution in [3.63, 3.8) is 0 Å². The van der Waals surface area contributed by atoms with Gasteiger partial charge in [-0.25, -0.2) is 4.79 Å². The summed E-state index contributed by atoms with van der Waals surface area (Å²) in [4.78, 5) is 38.7. The lowest BCUT2D eigenvalue weighted by Gasteiger charge is -2.31. The normalized spacial score (nSPS) is 16.7. The smallest absolute Gasteiger partial charge is 0.321 e. The van der Waals surface area contributed by atoms with Gasteiger partial charge in [0.1, 0.15) is 5.75 Å². The van der Waals surface area contributed by atoms with Gasteiger partial charge in [0.15, 0.2) is 0 Å². The summed E-state index contributed by atoms with van der Waals surface area (Å²) in [7, 11) is 3.32. The van der Waals surface area contributed by atoms with Crippen LogP contribution >= 0.6 is 0 Å². The highest BCUT2D eigenvalue weighted by atomic mass is 16.5. The minimum atomic E-state index is -0.885. The third kappa shape index (κ3) is 4.65. The molecule has 1 aliphatic rings. The summed E-state index contributed by atoms with van der Waals surface area (Å²) in [6.07, 6.45) is 1.23. The van der Waals surface area contributed by atoms with Gasteiger partial charge < -0.3 is 25.0 Å². The summed E-state index contributed by atoms with van der Waals surface area (Å²) in [5.41, 5.74) is 0.907. The summed E-state index contributed by atoms with van der Waals surface area (Å²) in [6.45, 7) is 2.89. The molecule has 3 amide bonds. The quantitative estimate of drug-likeness (QED) is 0.835. The van der Waals surface area contributed by atoms with E-state index in [1.165, 1.54) is 9.80 Å². The number of carbonyl (C=O) groups is 3. The predicted molar refractivity (Wildman–Crippen MR) is 96.6 cm³/mol. The fourth-order valence-corrected chi connectivity index (χ4v) is 2.85. The first-order valence-electron chi connectivity index (χ1n) is 8.60. The predicted octanol–water partition coefficient (Wildman–Crippen LogP) is 2.12. The van der Waals surface area contributed by atoms with E-state index in [4.69, 9.17) is 9.84 Å². The van der Waals surface area contributed by atoms with Crippen molar-refractivity contribution in [1.29, 1.82) is 0 Å². The van der Waals surface area contributed by atoms with Crippen LogP contribution in [0.3, 0.4) is 0 Å². The maximum atomic E-state index is 12.5. The Morgan fingerprint density at radius 3 is 2.69 bits per heavy atom. The number of aliphatic carboxylic acids is 1. The van der Waals surface area contributed by atoms with Crippen molar-refractivity contribution in [3.05, 3.63) is 23.8 Å². The van der Waals surface area contributed by atoms with E-state index in [1.54, 1.807) is 32.3 Å². The molecule has 2 N–H and O–H groups in total. The van der Waals surface area contributed by atoms with E-state index < -0.39 is 11.9 Å². The number of hydrogen-bond acceptors (Lipinski definition) is 4. The summed E-state index contributed by atoms with van der Waals surface area (Å²) < 4.78 is 5.56. The number of ether oxygens (including phenoxy) is 1. The van der Waals surface area contributed by atoms with Crippen molar-refractivity contribution in [2.45, 2.75) is 19.8 Å². The molecule has 0 spiro atoms. The fraction of sp³-hybridized carbons (Fsp3) is 0.500. The van der Waals surface area contributed by atoms with Crippen LogP contribution in [0.1, 0.15) is 30.1 Å². The van der Waals surface area contributed by atoms with Crippen LogP contribution in [0.5, 0.6) is 5.75 Å². The standard InChI is InChI=1S/C18H25N3O5/c1-4-26-15-10-12(16(22)20(2)3)7-8-14(15)19-18(25)21-9-5-6-13(11-21)17(23)24/h7-8,10,13H,4-6,9,11H2,1-3H3,(H,19,25)(H,23,24). The Morgan fingerprint density at radius 1 is 1.35 bits per heavy atom. The van der Waals surface area contributed by atoms with Crippen LogP contribution < -0.4 is 10.1 Å². The monoisotopic (exact) mass is 363 g/mol. The number of piperidine rings is 1. The van der Waals surface area contributed by atoms with Crippen LogP contribution in [0.25, 0.3) is 0 Å². The second-order valence-corrected chi connectivity index (χ2v) is 6.40. The highest BCUT2D eigenvalue weighted by molar-refractivity contribution is 5.97. The van der Waals surface area contributed by atoms with E-state index >= 15 is 0 Å². The van der Waals surface area contributed by atoms with Crippen molar-refractivity contribution in [2.24, 2.45) is 5.92 Å². The molecular weight excluding hydrogens is 338 g/mol. The first kappa shape index (κ1) is 19.6. The van der Waals surface area contributed by atoms with Gasteiger partial charge in [0.25, 0.3) is 5.91 Å². The first-order valence-corrected chi connectivity index (χ1v) is 8.60. The Bertz CT molecular complexity index is 689. The molecule has 1 atom stereocenters. The van der Waals surface area contributed by atoms with Crippen molar-refractivity contribution in [1.82, 2.24) is 9.80 Å². The zero-order chi connectivity index (χ0) is 19.3. The van der Waals surface area contributed by atoms with Gasteiger partial charge in [-0.1, -0.05) is 0 Å². The molecule has 142 valence electrons. The SMILES string of the molecule is CCOc1cc(C(=O)N(C)C)ccc1NC(=O)N1CCCC(C(=O)O)C1. The van der Waals surface area contributed by atoms with Gasteiger partial charge >= 0.3 is 12.0 Å². The average molecular weight is 363 g/mol. The molecule has 1 aromatic carbocycles. The van der Waals surface area contributed by atoms with Crippen molar-refractivity contribution >= 4 is 23.6 Å².